The Labute approximate surface area is 236 Å². The van der Waals surface area contributed by atoms with Gasteiger partial charge in [0.05, 0.1) is 21.7 Å². The number of aromatic nitrogens is 2. The van der Waals surface area contributed by atoms with Gasteiger partial charge in [-0.2, -0.15) is 4.31 Å². The zero-order chi connectivity index (χ0) is 27.4. The summed E-state index contributed by atoms with van der Waals surface area (Å²) in [4.78, 5) is 25.6. The molecule has 0 fully saturated rings. The summed E-state index contributed by atoms with van der Waals surface area (Å²) in [5.41, 5.74) is 2.98. The van der Waals surface area contributed by atoms with Crippen molar-refractivity contribution in [1.82, 2.24) is 14.3 Å². The summed E-state index contributed by atoms with van der Waals surface area (Å²) in [5, 5.41) is 0.569. The Morgan fingerprint density at radius 3 is 2.33 bits per heavy atom. The lowest BCUT2D eigenvalue weighted by Gasteiger charge is -2.21. The van der Waals surface area contributed by atoms with Crippen molar-refractivity contribution in [2.24, 2.45) is 0 Å². The van der Waals surface area contributed by atoms with E-state index >= 15 is 0 Å². The van der Waals surface area contributed by atoms with E-state index in [9.17, 15) is 13.2 Å². The first kappa shape index (κ1) is 27.0. The van der Waals surface area contributed by atoms with Crippen molar-refractivity contribution in [3.8, 4) is 0 Å². The van der Waals surface area contributed by atoms with Crippen LogP contribution in [0.2, 0.25) is 0 Å². The number of anilines is 1. The van der Waals surface area contributed by atoms with Crippen LogP contribution in [0.5, 0.6) is 0 Å². The van der Waals surface area contributed by atoms with E-state index in [0.29, 0.717) is 10.7 Å². The van der Waals surface area contributed by atoms with Crippen LogP contribution < -0.4 is 4.90 Å². The van der Waals surface area contributed by atoms with Gasteiger partial charge in [0.1, 0.15) is 0 Å². The molecule has 0 bridgehead atoms. The van der Waals surface area contributed by atoms with E-state index in [4.69, 9.17) is 4.98 Å². The minimum atomic E-state index is -3.74. The molecule has 5 rings (SSSR count). The summed E-state index contributed by atoms with van der Waals surface area (Å²) in [6.07, 6.45) is 5.41. The lowest BCUT2D eigenvalue weighted by atomic mass is 10.2. The number of benzene rings is 3. The third-order valence-electron chi connectivity index (χ3n) is 6.19. The average Bonchev–Trinajstić information content (AvgIpc) is 3.41. The largest absolute Gasteiger partial charge is 0.279 e. The number of pyridine rings is 1. The van der Waals surface area contributed by atoms with Crippen LogP contribution in [-0.4, -0.2) is 41.9 Å². The zero-order valence-electron chi connectivity index (χ0n) is 21.4. The second kappa shape index (κ2) is 11.7. The number of hydrogen-bond acceptors (Lipinski definition) is 7. The number of para-hydroxylation sites is 1. The molecule has 0 spiro atoms. The van der Waals surface area contributed by atoms with Crippen LogP contribution in [-0.2, 0) is 23.1 Å². The van der Waals surface area contributed by atoms with Gasteiger partial charge in [0.25, 0.3) is 5.91 Å². The number of thioether (sulfide) groups is 1. The van der Waals surface area contributed by atoms with Gasteiger partial charge in [-0.25, -0.2) is 13.4 Å². The molecule has 198 valence electrons. The first-order valence-electron chi connectivity index (χ1n) is 12.1. The Hall–Kier alpha value is -3.57. The van der Waals surface area contributed by atoms with Crippen LogP contribution in [0.1, 0.15) is 21.5 Å². The van der Waals surface area contributed by atoms with E-state index in [0.717, 1.165) is 26.2 Å². The maximum Gasteiger partial charge on any atom is 0.260 e. The van der Waals surface area contributed by atoms with Crippen LogP contribution in [0, 0.1) is 0 Å². The maximum absolute atomic E-state index is 13.8. The third kappa shape index (κ3) is 5.89. The summed E-state index contributed by atoms with van der Waals surface area (Å²) < 4.78 is 28.7. The fourth-order valence-corrected chi connectivity index (χ4v) is 6.90. The molecular formula is C29H26N4O3S3. The number of fused-ring (bicyclic) bond motifs is 1. The minimum absolute atomic E-state index is 0.126. The van der Waals surface area contributed by atoms with Crippen molar-refractivity contribution >= 4 is 54.4 Å². The van der Waals surface area contributed by atoms with Crippen molar-refractivity contribution in [2.45, 2.75) is 22.9 Å². The van der Waals surface area contributed by atoms with Crippen molar-refractivity contribution in [3.05, 3.63) is 114 Å². The molecule has 2 aromatic heterocycles. The molecular weight excluding hydrogens is 549 g/mol. The monoisotopic (exact) mass is 574 g/mol. The summed E-state index contributed by atoms with van der Waals surface area (Å²) >= 11 is 3.06. The molecule has 0 aliphatic carbocycles. The second-order valence-electron chi connectivity index (χ2n) is 8.83. The predicted molar refractivity (Wildman–Crippen MR) is 158 cm³/mol. The number of hydrogen-bond donors (Lipinski definition) is 0. The van der Waals surface area contributed by atoms with Crippen LogP contribution in [0.15, 0.2) is 107 Å². The van der Waals surface area contributed by atoms with Gasteiger partial charge in [-0.05, 0) is 59.8 Å². The van der Waals surface area contributed by atoms with Gasteiger partial charge in [0.15, 0.2) is 5.13 Å². The van der Waals surface area contributed by atoms with E-state index in [1.54, 1.807) is 48.2 Å². The molecule has 0 aliphatic rings. The number of amides is 1. The molecule has 1 amide bonds. The number of rotatable bonds is 9. The van der Waals surface area contributed by atoms with Crippen molar-refractivity contribution in [2.75, 3.05) is 18.2 Å². The third-order valence-corrected chi connectivity index (χ3v) is 9.82. The smallest absolute Gasteiger partial charge is 0.260 e. The van der Waals surface area contributed by atoms with Crippen LogP contribution in [0.3, 0.4) is 0 Å². The first-order valence-corrected chi connectivity index (χ1v) is 15.6. The lowest BCUT2D eigenvalue weighted by molar-refractivity contribution is 0.0985. The van der Waals surface area contributed by atoms with E-state index in [1.165, 1.54) is 27.8 Å². The average molecular weight is 575 g/mol. The molecule has 0 saturated carbocycles. The number of sulfonamides is 1. The molecule has 0 aliphatic heterocycles. The molecule has 0 N–H and O–H groups in total. The van der Waals surface area contributed by atoms with Gasteiger partial charge < -0.3 is 0 Å². The number of carbonyl (C=O) groups excluding carboxylic acids is 1. The summed E-state index contributed by atoms with van der Waals surface area (Å²) in [6, 6.07) is 25.2. The van der Waals surface area contributed by atoms with Gasteiger partial charge in [-0.1, -0.05) is 53.8 Å². The molecule has 0 unspecified atom stereocenters. The quantitative estimate of drug-likeness (QED) is 0.198. The SMILES string of the molecule is CSc1cccc2sc(N(Cc3cccnc3)C(=O)c3ccc(S(=O)(=O)N(C)Cc4ccccc4)cc3)nc12. The summed E-state index contributed by atoms with van der Waals surface area (Å²) in [5.74, 6) is -0.273. The van der Waals surface area contributed by atoms with Crippen LogP contribution >= 0.6 is 23.1 Å². The van der Waals surface area contributed by atoms with Gasteiger partial charge >= 0.3 is 0 Å². The van der Waals surface area contributed by atoms with Crippen LogP contribution in [0.4, 0.5) is 5.13 Å². The van der Waals surface area contributed by atoms with E-state index in [2.05, 4.69) is 4.98 Å². The minimum Gasteiger partial charge on any atom is -0.279 e. The standard InChI is InChI=1S/C29H26N4O3S3/c1-32(19-21-8-4-3-5-9-21)39(35,36)24-15-13-23(14-16-24)28(34)33(20-22-10-7-17-30-18-22)29-31-27-25(37-2)11-6-12-26(27)38-29/h3-18H,19-20H2,1-2H3. The van der Waals surface area contributed by atoms with Crippen LogP contribution in [0.25, 0.3) is 10.2 Å². The van der Waals surface area contributed by atoms with Crippen molar-refractivity contribution in [1.29, 1.82) is 0 Å². The fourth-order valence-electron chi connectivity index (χ4n) is 4.12. The van der Waals surface area contributed by atoms with Gasteiger partial charge in [-0.3, -0.25) is 14.7 Å². The van der Waals surface area contributed by atoms with Crippen molar-refractivity contribution in [3.63, 3.8) is 0 Å². The lowest BCUT2D eigenvalue weighted by Crippen LogP contribution is -2.30. The Balaban J connectivity index is 1.44. The number of thiazole rings is 1. The molecule has 0 saturated heterocycles. The first-order chi connectivity index (χ1) is 18.9. The normalized spacial score (nSPS) is 11.7. The zero-order valence-corrected chi connectivity index (χ0v) is 23.8. The Morgan fingerprint density at radius 1 is 0.897 bits per heavy atom. The molecule has 3 aromatic carbocycles. The molecule has 7 nitrogen and oxygen atoms in total. The molecule has 10 heteroatoms. The molecule has 39 heavy (non-hydrogen) atoms. The second-order valence-corrected chi connectivity index (χ2v) is 12.7. The Bertz CT molecular complexity index is 1690. The Kier molecular flexibility index (Phi) is 8.08. The Morgan fingerprint density at radius 2 is 1.64 bits per heavy atom. The van der Waals surface area contributed by atoms with E-state index < -0.39 is 10.0 Å². The highest BCUT2D eigenvalue weighted by Crippen LogP contribution is 2.35. The highest BCUT2D eigenvalue weighted by molar-refractivity contribution is 7.98. The molecule has 5 aromatic rings. The number of carbonyl (C=O) groups is 1. The highest BCUT2D eigenvalue weighted by Gasteiger charge is 2.25. The predicted octanol–water partition coefficient (Wildman–Crippen LogP) is 6.08. The molecule has 2 heterocycles. The van der Waals surface area contributed by atoms with E-state index in [-0.39, 0.29) is 23.9 Å². The summed E-state index contributed by atoms with van der Waals surface area (Å²) in [6.45, 7) is 0.527. The maximum atomic E-state index is 13.8. The van der Waals surface area contributed by atoms with Crippen molar-refractivity contribution < 1.29 is 13.2 Å². The van der Waals surface area contributed by atoms with Gasteiger partial charge in [-0.15, -0.1) is 11.8 Å². The molecule has 0 radical (unpaired) electrons. The topological polar surface area (TPSA) is 83.5 Å². The van der Waals surface area contributed by atoms with E-state index in [1.807, 2.05) is 66.9 Å². The van der Waals surface area contributed by atoms with Gasteiger partial charge in [0.2, 0.25) is 10.0 Å². The highest BCUT2D eigenvalue weighted by atomic mass is 32.2. The van der Waals surface area contributed by atoms with Gasteiger partial charge in [0, 0.05) is 36.4 Å². The fraction of sp³-hybridized carbons (Fsp3) is 0.138. The molecule has 0 atom stereocenters. The number of nitrogens with zero attached hydrogens (tertiary/aromatic N) is 4. The summed E-state index contributed by atoms with van der Waals surface area (Å²) in [7, 11) is -2.19.